The second-order valence-electron chi connectivity index (χ2n) is 8.03. The highest BCUT2D eigenvalue weighted by Gasteiger charge is 2.16. The summed E-state index contributed by atoms with van der Waals surface area (Å²) in [4.78, 5) is 41.7. The van der Waals surface area contributed by atoms with Crippen molar-refractivity contribution in [1.29, 1.82) is 0 Å². The van der Waals surface area contributed by atoms with Crippen LogP contribution in [0.2, 0.25) is 0 Å². The number of carbonyl (C=O) groups excluding carboxylic acids is 1. The van der Waals surface area contributed by atoms with Crippen LogP contribution in [0.1, 0.15) is 53.8 Å². The van der Waals surface area contributed by atoms with E-state index in [0.717, 1.165) is 22.5 Å². The number of carboxylic acids is 1. The van der Waals surface area contributed by atoms with Crippen molar-refractivity contribution in [2.45, 2.75) is 38.6 Å². The molecule has 1 aromatic carbocycles. The lowest BCUT2D eigenvalue weighted by Gasteiger charge is -2.14. The Morgan fingerprint density at radius 2 is 1.79 bits per heavy atom. The first kappa shape index (κ1) is 23.0. The topological polar surface area (TPSA) is 118 Å². The zero-order valence-corrected chi connectivity index (χ0v) is 18.8. The number of aliphatic carboxylic acids is 1. The number of nitrogens with one attached hydrogen (secondary N) is 1. The number of carboxylic acid groups (broad SMARTS) is 1. The Balaban J connectivity index is 1.62. The molecule has 0 radical (unpaired) electrons. The summed E-state index contributed by atoms with van der Waals surface area (Å²) in [5.74, 6) is -1.07. The number of fused-ring (bicyclic) bond motifs is 1. The van der Waals surface area contributed by atoms with Crippen LogP contribution < -0.4 is 5.32 Å². The van der Waals surface area contributed by atoms with Crippen LogP contribution in [-0.4, -0.2) is 36.9 Å². The maximum atomic E-state index is 12.8. The van der Waals surface area contributed by atoms with Gasteiger partial charge in [0.15, 0.2) is 5.65 Å². The van der Waals surface area contributed by atoms with Crippen LogP contribution >= 0.6 is 0 Å². The van der Waals surface area contributed by atoms with Gasteiger partial charge in [-0.05, 0) is 49.9 Å². The van der Waals surface area contributed by atoms with Gasteiger partial charge in [-0.3, -0.25) is 14.6 Å². The van der Waals surface area contributed by atoms with E-state index >= 15 is 0 Å². The molecule has 0 aliphatic heterocycles. The molecule has 3 heterocycles. The fourth-order valence-corrected chi connectivity index (χ4v) is 3.69. The number of amides is 1. The van der Waals surface area contributed by atoms with E-state index in [2.05, 4.69) is 15.3 Å². The van der Waals surface area contributed by atoms with Crippen LogP contribution in [0.3, 0.4) is 0 Å². The van der Waals surface area contributed by atoms with Gasteiger partial charge < -0.3 is 10.4 Å². The SMILES string of the molecule is CC(NC(=O)c1cnc2nc(-c3ccccc3)c(CCCCC(=O)O)nc2c1)c1ccncc1. The summed E-state index contributed by atoms with van der Waals surface area (Å²) in [6.45, 7) is 1.91. The third-order valence-corrected chi connectivity index (χ3v) is 5.51. The van der Waals surface area contributed by atoms with E-state index < -0.39 is 5.97 Å². The van der Waals surface area contributed by atoms with Crippen LogP contribution in [-0.2, 0) is 11.2 Å². The second-order valence-corrected chi connectivity index (χ2v) is 8.03. The molecule has 0 saturated carbocycles. The van der Waals surface area contributed by atoms with E-state index in [1.807, 2.05) is 49.4 Å². The van der Waals surface area contributed by atoms with E-state index in [9.17, 15) is 9.59 Å². The lowest BCUT2D eigenvalue weighted by Crippen LogP contribution is -2.26. The van der Waals surface area contributed by atoms with Gasteiger partial charge in [-0.1, -0.05) is 30.3 Å². The normalized spacial score (nSPS) is 11.8. The molecule has 0 aliphatic rings. The third-order valence-electron chi connectivity index (χ3n) is 5.51. The summed E-state index contributed by atoms with van der Waals surface area (Å²) >= 11 is 0. The molecule has 0 aliphatic carbocycles. The van der Waals surface area contributed by atoms with Crippen molar-refractivity contribution < 1.29 is 14.7 Å². The summed E-state index contributed by atoms with van der Waals surface area (Å²) in [6, 6.07) is 14.9. The van der Waals surface area contributed by atoms with E-state index in [1.54, 1.807) is 18.5 Å². The molecule has 2 N–H and O–H groups in total. The van der Waals surface area contributed by atoms with Crippen molar-refractivity contribution >= 4 is 23.0 Å². The summed E-state index contributed by atoms with van der Waals surface area (Å²) in [5.41, 5.74) is 4.72. The largest absolute Gasteiger partial charge is 0.481 e. The van der Waals surface area contributed by atoms with Gasteiger partial charge in [-0.15, -0.1) is 0 Å². The summed E-state index contributed by atoms with van der Waals surface area (Å²) in [6.07, 6.45) is 6.80. The van der Waals surface area contributed by atoms with E-state index in [4.69, 9.17) is 15.1 Å². The first-order chi connectivity index (χ1) is 16.5. The molecule has 0 fully saturated rings. The standard InChI is InChI=1S/C26H25N5O3/c1-17(18-11-13-27-14-12-18)29-26(34)20-15-22-25(28-16-20)31-24(19-7-3-2-4-8-19)21(30-22)9-5-6-10-23(32)33/h2-4,7-8,11-17H,5-6,9-10H2,1H3,(H,29,34)(H,32,33). The van der Waals surface area contributed by atoms with Crippen molar-refractivity contribution in [2.75, 3.05) is 0 Å². The zero-order chi connectivity index (χ0) is 23.9. The maximum Gasteiger partial charge on any atom is 0.303 e. The molecule has 1 atom stereocenters. The molecule has 172 valence electrons. The number of unbranched alkanes of at least 4 members (excludes halogenated alkanes) is 1. The smallest absolute Gasteiger partial charge is 0.303 e. The number of nitrogens with zero attached hydrogens (tertiary/aromatic N) is 4. The number of hydrogen-bond donors (Lipinski definition) is 2. The maximum absolute atomic E-state index is 12.8. The molecular weight excluding hydrogens is 430 g/mol. The molecular formula is C26H25N5O3. The summed E-state index contributed by atoms with van der Waals surface area (Å²) in [5, 5.41) is 11.9. The predicted molar refractivity (Wildman–Crippen MR) is 128 cm³/mol. The number of carbonyl (C=O) groups is 2. The number of aryl methyl sites for hydroxylation is 1. The van der Waals surface area contributed by atoms with Crippen molar-refractivity contribution in [1.82, 2.24) is 25.3 Å². The Bertz CT molecular complexity index is 1300. The van der Waals surface area contributed by atoms with E-state index in [0.29, 0.717) is 36.0 Å². The third kappa shape index (κ3) is 5.58. The van der Waals surface area contributed by atoms with Gasteiger partial charge in [0.2, 0.25) is 0 Å². The average molecular weight is 456 g/mol. The molecule has 8 heteroatoms. The Kier molecular flexibility index (Phi) is 7.17. The van der Waals surface area contributed by atoms with Gasteiger partial charge in [0, 0.05) is 30.6 Å². The fraction of sp³-hybridized carbons (Fsp3) is 0.231. The Morgan fingerprint density at radius 3 is 2.53 bits per heavy atom. The number of rotatable bonds is 9. The number of benzene rings is 1. The lowest BCUT2D eigenvalue weighted by molar-refractivity contribution is -0.137. The highest BCUT2D eigenvalue weighted by atomic mass is 16.4. The first-order valence-corrected chi connectivity index (χ1v) is 11.2. The molecule has 3 aromatic heterocycles. The quantitative estimate of drug-likeness (QED) is 0.360. The van der Waals surface area contributed by atoms with E-state index in [1.165, 1.54) is 6.20 Å². The van der Waals surface area contributed by atoms with Gasteiger partial charge in [0.05, 0.1) is 23.0 Å². The van der Waals surface area contributed by atoms with Gasteiger partial charge in [-0.25, -0.2) is 15.0 Å². The highest BCUT2D eigenvalue weighted by Crippen LogP contribution is 2.24. The van der Waals surface area contributed by atoms with Crippen LogP contribution in [0.5, 0.6) is 0 Å². The minimum Gasteiger partial charge on any atom is -0.481 e. The zero-order valence-electron chi connectivity index (χ0n) is 18.8. The van der Waals surface area contributed by atoms with Gasteiger partial charge in [0.1, 0.15) is 5.52 Å². The molecule has 4 aromatic rings. The molecule has 1 amide bonds. The van der Waals surface area contributed by atoms with Crippen molar-refractivity contribution in [2.24, 2.45) is 0 Å². The van der Waals surface area contributed by atoms with Crippen LogP contribution in [0.25, 0.3) is 22.4 Å². The molecule has 1 unspecified atom stereocenters. The van der Waals surface area contributed by atoms with Crippen molar-refractivity contribution in [3.63, 3.8) is 0 Å². The Hall–Kier alpha value is -4.20. The summed E-state index contributed by atoms with van der Waals surface area (Å²) < 4.78 is 0. The first-order valence-electron chi connectivity index (χ1n) is 11.2. The van der Waals surface area contributed by atoms with Gasteiger partial charge in [0.25, 0.3) is 5.91 Å². The molecule has 4 rings (SSSR count). The monoisotopic (exact) mass is 455 g/mol. The summed E-state index contributed by atoms with van der Waals surface area (Å²) in [7, 11) is 0. The second kappa shape index (κ2) is 10.6. The van der Waals surface area contributed by atoms with Crippen LogP contribution in [0.15, 0.2) is 67.1 Å². The minimum atomic E-state index is -0.811. The molecule has 0 spiro atoms. The van der Waals surface area contributed by atoms with E-state index in [-0.39, 0.29) is 18.4 Å². The Labute approximate surface area is 197 Å². The van der Waals surface area contributed by atoms with Crippen LogP contribution in [0, 0.1) is 0 Å². The van der Waals surface area contributed by atoms with Gasteiger partial charge >= 0.3 is 5.97 Å². The molecule has 8 nitrogen and oxygen atoms in total. The highest BCUT2D eigenvalue weighted by molar-refractivity contribution is 5.96. The number of hydrogen-bond acceptors (Lipinski definition) is 6. The number of aromatic nitrogens is 4. The van der Waals surface area contributed by atoms with Gasteiger partial charge in [-0.2, -0.15) is 0 Å². The van der Waals surface area contributed by atoms with Crippen LogP contribution in [0.4, 0.5) is 0 Å². The molecule has 34 heavy (non-hydrogen) atoms. The number of pyridine rings is 2. The van der Waals surface area contributed by atoms with Crippen molar-refractivity contribution in [3.05, 3.63) is 83.9 Å². The van der Waals surface area contributed by atoms with Crippen molar-refractivity contribution in [3.8, 4) is 11.3 Å². The molecule has 0 bridgehead atoms. The molecule has 0 saturated heterocycles. The average Bonchev–Trinajstić information content (AvgIpc) is 2.86. The fourth-order valence-electron chi connectivity index (χ4n) is 3.69. The minimum absolute atomic E-state index is 0.114. The Morgan fingerprint density at radius 1 is 1.03 bits per heavy atom. The lowest BCUT2D eigenvalue weighted by atomic mass is 10.0. The predicted octanol–water partition coefficient (Wildman–Crippen LogP) is 4.38.